The highest BCUT2D eigenvalue weighted by Crippen LogP contribution is 2.25. The molecule has 0 spiro atoms. The molecule has 0 bridgehead atoms. The van der Waals surface area contributed by atoms with Crippen LogP contribution in [-0.2, 0) is 11.2 Å². The molecule has 4 rings (SSSR count). The molecule has 3 aromatic rings. The summed E-state index contributed by atoms with van der Waals surface area (Å²) in [6.45, 7) is 3.98. The van der Waals surface area contributed by atoms with Crippen LogP contribution in [0.5, 0.6) is 0 Å². The van der Waals surface area contributed by atoms with E-state index in [4.69, 9.17) is 5.10 Å². The number of para-hydroxylation sites is 1. The van der Waals surface area contributed by atoms with E-state index in [1.54, 1.807) is 16.8 Å². The standard InChI is InChI=1S/C23H25FN4O.ClH/c1-16-14-25-12-11-21(16)26-22(29)13-18-15-28(20-5-3-2-4-6-20)27-23(18)17-7-9-19(24)10-8-17;/h2-10,15-16,21,25H,11-14H2,1H3,(H,26,29);1H. The number of piperidine rings is 1. The first-order chi connectivity index (χ1) is 14.1. The Morgan fingerprint density at radius 1 is 1.20 bits per heavy atom. The van der Waals surface area contributed by atoms with Gasteiger partial charge in [0.15, 0.2) is 0 Å². The quantitative estimate of drug-likeness (QED) is 0.650. The van der Waals surface area contributed by atoms with Crippen LogP contribution in [0, 0.1) is 11.7 Å². The number of hydrogen-bond donors (Lipinski definition) is 2. The Balaban J connectivity index is 0.00000256. The van der Waals surface area contributed by atoms with Gasteiger partial charge in [-0.15, -0.1) is 12.4 Å². The number of benzene rings is 2. The Morgan fingerprint density at radius 3 is 2.63 bits per heavy atom. The van der Waals surface area contributed by atoms with Crippen LogP contribution in [0.2, 0.25) is 0 Å². The van der Waals surface area contributed by atoms with Crippen LogP contribution >= 0.6 is 12.4 Å². The monoisotopic (exact) mass is 428 g/mol. The number of nitrogens with one attached hydrogen (secondary N) is 2. The van der Waals surface area contributed by atoms with Gasteiger partial charge in [-0.1, -0.05) is 25.1 Å². The van der Waals surface area contributed by atoms with Crippen molar-refractivity contribution in [2.24, 2.45) is 5.92 Å². The molecule has 1 aliphatic heterocycles. The summed E-state index contributed by atoms with van der Waals surface area (Å²) in [6, 6.07) is 16.2. The molecule has 0 aliphatic carbocycles. The van der Waals surface area contributed by atoms with Crippen LogP contribution in [0.4, 0.5) is 4.39 Å². The Bertz CT molecular complexity index is 975. The summed E-state index contributed by atoms with van der Waals surface area (Å²) in [4.78, 5) is 12.8. The molecule has 30 heavy (non-hydrogen) atoms. The summed E-state index contributed by atoms with van der Waals surface area (Å²) in [5, 5.41) is 11.2. The van der Waals surface area contributed by atoms with Gasteiger partial charge >= 0.3 is 0 Å². The second kappa shape index (κ2) is 9.87. The normalized spacial score (nSPS) is 18.5. The van der Waals surface area contributed by atoms with Gasteiger partial charge in [-0.3, -0.25) is 4.79 Å². The van der Waals surface area contributed by atoms with E-state index < -0.39 is 0 Å². The zero-order valence-corrected chi connectivity index (χ0v) is 17.7. The number of nitrogens with zero attached hydrogens (tertiary/aromatic N) is 2. The fourth-order valence-electron chi connectivity index (χ4n) is 3.76. The number of hydrogen-bond acceptors (Lipinski definition) is 3. The molecule has 1 fully saturated rings. The van der Waals surface area contributed by atoms with Gasteiger partial charge in [0.25, 0.3) is 0 Å². The van der Waals surface area contributed by atoms with E-state index in [2.05, 4.69) is 17.6 Å². The van der Waals surface area contributed by atoms with Crippen LogP contribution in [0.3, 0.4) is 0 Å². The molecule has 1 aliphatic rings. The van der Waals surface area contributed by atoms with E-state index in [0.29, 0.717) is 11.6 Å². The molecule has 5 nitrogen and oxygen atoms in total. The molecule has 2 unspecified atom stereocenters. The number of carbonyl (C=O) groups is 1. The third kappa shape index (κ3) is 5.07. The van der Waals surface area contributed by atoms with Gasteiger partial charge in [0, 0.05) is 23.4 Å². The maximum absolute atomic E-state index is 13.4. The number of halogens is 2. The topological polar surface area (TPSA) is 58.9 Å². The van der Waals surface area contributed by atoms with Crippen LogP contribution in [0.15, 0.2) is 60.8 Å². The molecule has 2 aromatic carbocycles. The second-order valence-corrected chi connectivity index (χ2v) is 7.61. The lowest BCUT2D eigenvalue weighted by molar-refractivity contribution is -0.121. The van der Waals surface area contributed by atoms with Crippen LogP contribution in [0.25, 0.3) is 16.9 Å². The average molecular weight is 429 g/mol. The first-order valence-corrected chi connectivity index (χ1v) is 10.00. The Morgan fingerprint density at radius 2 is 1.93 bits per heavy atom. The molecule has 0 saturated carbocycles. The first kappa shape index (κ1) is 22.0. The fraction of sp³-hybridized carbons (Fsp3) is 0.304. The highest BCUT2D eigenvalue weighted by Gasteiger charge is 2.23. The van der Waals surface area contributed by atoms with Crippen LogP contribution < -0.4 is 10.6 Å². The summed E-state index contributed by atoms with van der Waals surface area (Å²) in [7, 11) is 0. The molecular weight excluding hydrogens is 403 g/mol. The van der Waals surface area contributed by atoms with E-state index in [-0.39, 0.29) is 36.6 Å². The van der Waals surface area contributed by atoms with Crippen LogP contribution in [-0.4, -0.2) is 34.8 Å². The molecule has 158 valence electrons. The fourth-order valence-corrected chi connectivity index (χ4v) is 3.76. The van der Waals surface area contributed by atoms with Crippen molar-refractivity contribution in [3.8, 4) is 16.9 Å². The zero-order chi connectivity index (χ0) is 20.2. The van der Waals surface area contributed by atoms with Crippen molar-refractivity contribution in [3.05, 3.63) is 72.2 Å². The molecule has 7 heteroatoms. The molecule has 1 aromatic heterocycles. The van der Waals surface area contributed by atoms with Gasteiger partial charge in [0.2, 0.25) is 5.91 Å². The Hall–Kier alpha value is -2.70. The van der Waals surface area contributed by atoms with Crippen molar-refractivity contribution in [2.45, 2.75) is 25.8 Å². The maximum atomic E-state index is 13.4. The van der Waals surface area contributed by atoms with Crippen molar-refractivity contribution in [1.82, 2.24) is 20.4 Å². The minimum Gasteiger partial charge on any atom is -0.353 e. The molecule has 2 N–H and O–H groups in total. The lowest BCUT2D eigenvalue weighted by atomic mass is 9.95. The molecule has 0 radical (unpaired) electrons. The third-order valence-electron chi connectivity index (χ3n) is 5.41. The SMILES string of the molecule is CC1CNCCC1NC(=O)Cc1cn(-c2ccccc2)nc1-c1ccc(F)cc1.Cl. The van der Waals surface area contributed by atoms with E-state index in [9.17, 15) is 9.18 Å². The number of aromatic nitrogens is 2. The van der Waals surface area contributed by atoms with E-state index >= 15 is 0 Å². The molecular formula is C23H26ClFN4O. The van der Waals surface area contributed by atoms with Crippen LogP contribution in [0.1, 0.15) is 18.9 Å². The number of carbonyl (C=O) groups excluding carboxylic acids is 1. The lowest BCUT2D eigenvalue weighted by Crippen LogP contribution is -2.48. The molecule has 2 atom stereocenters. The highest BCUT2D eigenvalue weighted by molar-refractivity contribution is 5.85. The molecule has 2 heterocycles. The minimum atomic E-state index is -0.296. The summed E-state index contributed by atoms with van der Waals surface area (Å²) in [6.07, 6.45) is 3.05. The molecule has 1 saturated heterocycles. The smallest absolute Gasteiger partial charge is 0.224 e. The van der Waals surface area contributed by atoms with E-state index in [0.717, 1.165) is 36.3 Å². The number of rotatable bonds is 5. The first-order valence-electron chi connectivity index (χ1n) is 10.00. The average Bonchev–Trinajstić information content (AvgIpc) is 3.14. The van der Waals surface area contributed by atoms with Crippen molar-refractivity contribution in [3.63, 3.8) is 0 Å². The summed E-state index contributed by atoms with van der Waals surface area (Å²) >= 11 is 0. The molecule has 1 amide bonds. The zero-order valence-electron chi connectivity index (χ0n) is 16.8. The van der Waals surface area contributed by atoms with Crippen molar-refractivity contribution in [1.29, 1.82) is 0 Å². The maximum Gasteiger partial charge on any atom is 0.224 e. The van der Waals surface area contributed by atoms with Crippen molar-refractivity contribution < 1.29 is 9.18 Å². The Kier molecular flexibility index (Phi) is 7.24. The summed E-state index contributed by atoms with van der Waals surface area (Å²) in [5.41, 5.74) is 3.22. The van der Waals surface area contributed by atoms with E-state index in [1.807, 2.05) is 36.5 Å². The van der Waals surface area contributed by atoms with Gasteiger partial charge in [-0.25, -0.2) is 9.07 Å². The second-order valence-electron chi connectivity index (χ2n) is 7.61. The van der Waals surface area contributed by atoms with Gasteiger partial charge in [-0.05, 0) is 61.8 Å². The van der Waals surface area contributed by atoms with Gasteiger partial charge in [0.1, 0.15) is 5.82 Å². The predicted molar refractivity (Wildman–Crippen MR) is 118 cm³/mol. The summed E-state index contributed by atoms with van der Waals surface area (Å²) < 4.78 is 15.2. The van der Waals surface area contributed by atoms with Crippen molar-refractivity contribution in [2.75, 3.05) is 13.1 Å². The van der Waals surface area contributed by atoms with Crippen molar-refractivity contribution >= 4 is 18.3 Å². The third-order valence-corrected chi connectivity index (χ3v) is 5.41. The highest BCUT2D eigenvalue weighted by atomic mass is 35.5. The summed E-state index contributed by atoms with van der Waals surface area (Å²) in [5.74, 6) is 0.0893. The predicted octanol–water partition coefficient (Wildman–Crippen LogP) is 3.76. The lowest BCUT2D eigenvalue weighted by Gasteiger charge is -2.30. The van der Waals surface area contributed by atoms with Gasteiger partial charge in [0.05, 0.1) is 17.8 Å². The van der Waals surface area contributed by atoms with Gasteiger partial charge < -0.3 is 10.6 Å². The number of amides is 1. The Labute approximate surface area is 182 Å². The van der Waals surface area contributed by atoms with E-state index in [1.165, 1.54) is 12.1 Å². The van der Waals surface area contributed by atoms with Gasteiger partial charge in [-0.2, -0.15) is 5.10 Å². The minimum absolute atomic E-state index is 0. The largest absolute Gasteiger partial charge is 0.353 e.